The number of hydrogen-bond acceptors (Lipinski definition) is 6. The van der Waals surface area contributed by atoms with Crippen molar-refractivity contribution < 1.29 is 9.18 Å². The van der Waals surface area contributed by atoms with Crippen molar-refractivity contribution in [1.29, 1.82) is 0 Å². The van der Waals surface area contributed by atoms with Crippen LogP contribution in [0.2, 0.25) is 0 Å². The van der Waals surface area contributed by atoms with Crippen molar-refractivity contribution in [3.63, 3.8) is 0 Å². The lowest BCUT2D eigenvalue weighted by atomic mass is 10.0. The van der Waals surface area contributed by atoms with Gasteiger partial charge in [0.1, 0.15) is 16.2 Å². The SMILES string of the molecule is Cc1nnc(-c2ccc3cnc(CC(=O)N4CC[C@H](N)[C@H](F)C4)cc3c2)s1. The Balaban J connectivity index is 1.54. The molecule has 0 radical (unpaired) electrons. The van der Waals surface area contributed by atoms with Crippen LogP contribution in [-0.2, 0) is 11.2 Å². The summed E-state index contributed by atoms with van der Waals surface area (Å²) >= 11 is 1.54. The van der Waals surface area contributed by atoms with Crippen LogP contribution < -0.4 is 5.73 Å². The average molecular weight is 385 g/mol. The van der Waals surface area contributed by atoms with Crippen molar-refractivity contribution in [3.8, 4) is 10.6 Å². The van der Waals surface area contributed by atoms with Gasteiger partial charge in [0.2, 0.25) is 5.91 Å². The molecule has 3 aromatic rings. The van der Waals surface area contributed by atoms with Crippen LogP contribution in [0.3, 0.4) is 0 Å². The summed E-state index contributed by atoms with van der Waals surface area (Å²) in [4.78, 5) is 18.4. The number of pyridine rings is 1. The predicted molar refractivity (Wildman–Crippen MR) is 103 cm³/mol. The molecule has 1 amide bonds. The first kappa shape index (κ1) is 17.9. The van der Waals surface area contributed by atoms with E-state index in [-0.39, 0.29) is 18.9 Å². The normalized spacial score (nSPS) is 20.2. The minimum atomic E-state index is -1.16. The van der Waals surface area contributed by atoms with Gasteiger partial charge in [0, 0.05) is 29.7 Å². The summed E-state index contributed by atoms with van der Waals surface area (Å²) in [7, 11) is 0. The van der Waals surface area contributed by atoms with Gasteiger partial charge in [-0.25, -0.2) is 4.39 Å². The minimum Gasteiger partial charge on any atom is -0.339 e. The fraction of sp³-hybridized carbons (Fsp3) is 0.368. The highest BCUT2D eigenvalue weighted by Gasteiger charge is 2.29. The monoisotopic (exact) mass is 385 g/mol. The zero-order valence-corrected chi connectivity index (χ0v) is 15.7. The molecular weight excluding hydrogens is 365 g/mol. The highest BCUT2D eigenvalue weighted by atomic mass is 32.1. The summed E-state index contributed by atoms with van der Waals surface area (Å²) in [6.45, 7) is 2.48. The van der Waals surface area contributed by atoms with Crippen LogP contribution in [0, 0.1) is 6.92 Å². The molecule has 0 bridgehead atoms. The number of carbonyl (C=O) groups is 1. The molecule has 2 atom stereocenters. The summed E-state index contributed by atoms with van der Waals surface area (Å²) in [5, 5.41) is 12.0. The van der Waals surface area contributed by atoms with E-state index in [1.165, 1.54) is 11.3 Å². The highest BCUT2D eigenvalue weighted by molar-refractivity contribution is 7.14. The van der Waals surface area contributed by atoms with Crippen molar-refractivity contribution in [3.05, 3.63) is 41.2 Å². The first-order valence-electron chi connectivity index (χ1n) is 8.86. The fourth-order valence-corrected chi connectivity index (χ4v) is 3.93. The molecule has 140 valence electrons. The second-order valence-electron chi connectivity index (χ2n) is 6.85. The zero-order valence-electron chi connectivity index (χ0n) is 14.9. The molecule has 6 nitrogen and oxygen atoms in total. The van der Waals surface area contributed by atoms with Gasteiger partial charge in [-0.2, -0.15) is 0 Å². The molecule has 0 spiro atoms. The third kappa shape index (κ3) is 3.81. The molecule has 2 aromatic heterocycles. The lowest BCUT2D eigenvalue weighted by Crippen LogP contribution is -2.50. The number of likely N-dealkylation sites (tertiary alicyclic amines) is 1. The van der Waals surface area contributed by atoms with Crippen LogP contribution in [0.1, 0.15) is 17.1 Å². The molecule has 1 saturated heterocycles. The number of halogens is 1. The second-order valence-corrected chi connectivity index (χ2v) is 8.03. The van der Waals surface area contributed by atoms with Crippen molar-refractivity contribution in [2.24, 2.45) is 5.73 Å². The molecule has 1 aromatic carbocycles. The summed E-state index contributed by atoms with van der Waals surface area (Å²) in [5.74, 6) is -0.118. The number of amides is 1. The number of aromatic nitrogens is 3. The maximum Gasteiger partial charge on any atom is 0.228 e. The number of rotatable bonds is 3. The Bertz CT molecular complexity index is 991. The van der Waals surface area contributed by atoms with E-state index in [2.05, 4.69) is 15.2 Å². The van der Waals surface area contributed by atoms with E-state index in [1.54, 1.807) is 11.1 Å². The van der Waals surface area contributed by atoms with Crippen LogP contribution in [0.25, 0.3) is 21.3 Å². The molecule has 2 N–H and O–H groups in total. The van der Waals surface area contributed by atoms with Crippen LogP contribution in [0.5, 0.6) is 0 Å². The Morgan fingerprint density at radius 2 is 2.19 bits per heavy atom. The van der Waals surface area contributed by atoms with E-state index < -0.39 is 12.2 Å². The van der Waals surface area contributed by atoms with E-state index in [0.717, 1.165) is 26.4 Å². The molecule has 8 heteroatoms. The van der Waals surface area contributed by atoms with Crippen molar-refractivity contribution in [2.75, 3.05) is 13.1 Å². The van der Waals surface area contributed by atoms with Gasteiger partial charge in [-0.3, -0.25) is 9.78 Å². The van der Waals surface area contributed by atoms with Crippen molar-refractivity contribution >= 4 is 28.0 Å². The van der Waals surface area contributed by atoms with Crippen molar-refractivity contribution in [1.82, 2.24) is 20.1 Å². The van der Waals surface area contributed by atoms with Gasteiger partial charge in [-0.15, -0.1) is 10.2 Å². The number of carbonyl (C=O) groups excluding carboxylic acids is 1. The third-order valence-electron chi connectivity index (χ3n) is 4.83. The first-order chi connectivity index (χ1) is 13.0. The molecule has 1 aliphatic rings. The van der Waals surface area contributed by atoms with E-state index in [0.29, 0.717) is 18.7 Å². The fourth-order valence-electron chi connectivity index (χ4n) is 3.25. The van der Waals surface area contributed by atoms with Gasteiger partial charge in [-0.05, 0) is 30.9 Å². The average Bonchev–Trinajstić information content (AvgIpc) is 3.09. The molecular formula is C19H20FN5OS. The Morgan fingerprint density at radius 3 is 2.93 bits per heavy atom. The van der Waals surface area contributed by atoms with E-state index in [1.807, 2.05) is 31.2 Å². The lowest BCUT2D eigenvalue weighted by Gasteiger charge is -2.32. The number of nitrogens with zero attached hydrogens (tertiary/aromatic N) is 4. The maximum absolute atomic E-state index is 13.8. The number of piperidine rings is 1. The van der Waals surface area contributed by atoms with E-state index >= 15 is 0 Å². The van der Waals surface area contributed by atoms with E-state index in [4.69, 9.17) is 5.73 Å². The number of aryl methyl sites for hydroxylation is 1. The standard InChI is InChI=1S/C19H20FN5OS/c1-11-23-24-19(27-11)12-2-3-13-9-22-15(7-14(13)6-12)8-18(26)25-5-4-17(21)16(20)10-25/h2-3,6-7,9,16-17H,4-5,8,10,21H2,1H3/t16-,17+/m1/s1. The number of fused-ring (bicyclic) bond motifs is 1. The molecule has 4 rings (SSSR count). The molecule has 27 heavy (non-hydrogen) atoms. The minimum absolute atomic E-state index is 0.0636. The molecule has 1 aliphatic heterocycles. The number of alkyl halides is 1. The van der Waals surface area contributed by atoms with Crippen LogP contribution >= 0.6 is 11.3 Å². The Labute approximate surface area is 160 Å². The number of benzene rings is 1. The zero-order chi connectivity index (χ0) is 19.0. The summed E-state index contributed by atoms with van der Waals surface area (Å²) in [6, 6.07) is 7.44. The summed E-state index contributed by atoms with van der Waals surface area (Å²) < 4.78 is 13.8. The maximum atomic E-state index is 13.8. The Kier molecular flexibility index (Phi) is 4.84. The molecule has 0 saturated carbocycles. The summed E-state index contributed by atoms with van der Waals surface area (Å²) in [5.41, 5.74) is 7.34. The van der Waals surface area contributed by atoms with Gasteiger partial charge >= 0.3 is 0 Å². The highest BCUT2D eigenvalue weighted by Crippen LogP contribution is 2.27. The van der Waals surface area contributed by atoms with Crippen LogP contribution in [0.4, 0.5) is 4.39 Å². The van der Waals surface area contributed by atoms with Gasteiger partial charge in [0.05, 0.1) is 18.7 Å². The largest absolute Gasteiger partial charge is 0.339 e. The Morgan fingerprint density at radius 1 is 1.33 bits per heavy atom. The number of nitrogens with two attached hydrogens (primary N) is 1. The third-order valence-corrected chi connectivity index (χ3v) is 5.72. The molecule has 0 aliphatic carbocycles. The molecule has 0 unspecified atom stereocenters. The quantitative estimate of drug-likeness (QED) is 0.749. The van der Waals surface area contributed by atoms with E-state index in [9.17, 15) is 9.18 Å². The topological polar surface area (TPSA) is 85.0 Å². The first-order valence-corrected chi connectivity index (χ1v) is 9.68. The van der Waals surface area contributed by atoms with Gasteiger partial charge < -0.3 is 10.6 Å². The molecule has 3 heterocycles. The predicted octanol–water partition coefficient (Wildman–Crippen LogP) is 2.50. The van der Waals surface area contributed by atoms with Gasteiger partial charge in [-0.1, -0.05) is 23.5 Å². The van der Waals surface area contributed by atoms with Gasteiger partial charge in [0.15, 0.2) is 0 Å². The Hall–Kier alpha value is -2.45. The van der Waals surface area contributed by atoms with Crippen LogP contribution in [-0.4, -0.2) is 51.3 Å². The van der Waals surface area contributed by atoms with Gasteiger partial charge in [0.25, 0.3) is 0 Å². The number of hydrogen-bond donors (Lipinski definition) is 1. The van der Waals surface area contributed by atoms with Crippen LogP contribution in [0.15, 0.2) is 30.5 Å². The smallest absolute Gasteiger partial charge is 0.228 e. The molecule has 1 fully saturated rings. The van der Waals surface area contributed by atoms with Crippen molar-refractivity contribution in [2.45, 2.75) is 32.0 Å². The lowest BCUT2D eigenvalue weighted by molar-refractivity contribution is -0.132. The second kappa shape index (κ2) is 7.28. The summed E-state index contributed by atoms with van der Waals surface area (Å²) in [6.07, 6.45) is 1.24.